The van der Waals surface area contributed by atoms with Crippen LogP contribution in [0.1, 0.15) is 35.3 Å². The molecule has 1 saturated heterocycles. The van der Waals surface area contributed by atoms with Crippen molar-refractivity contribution in [2.24, 2.45) is 5.92 Å². The van der Waals surface area contributed by atoms with Crippen LogP contribution in [0.25, 0.3) is 5.69 Å². The van der Waals surface area contributed by atoms with Gasteiger partial charge in [-0.15, -0.1) is 5.10 Å². The number of hydrogen-bond acceptors (Lipinski definition) is 4. The molecule has 0 radical (unpaired) electrons. The minimum Gasteiger partial charge on any atom is -0.381 e. The van der Waals surface area contributed by atoms with Crippen LogP contribution in [0.4, 0.5) is 4.39 Å². The molecule has 1 unspecified atom stereocenters. The molecule has 132 valence electrons. The highest BCUT2D eigenvalue weighted by molar-refractivity contribution is 5.92. The Kier molecular flexibility index (Phi) is 4.25. The Hall–Kier alpha value is -2.28. The van der Waals surface area contributed by atoms with Gasteiger partial charge in [0, 0.05) is 25.1 Å². The topological polar surface area (TPSA) is 60.2 Å². The number of hydrogen-bond donors (Lipinski definition) is 0. The van der Waals surface area contributed by atoms with Gasteiger partial charge in [0.15, 0.2) is 5.69 Å². The number of ether oxygens (including phenoxy) is 1. The molecule has 2 heterocycles. The van der Waals surface area contributed by atoms with Crippen molar-refractivity contribution in [1.29, 1.82) is 0 Å². The summed E-state index contributed by atoms with van der Waals surface area (Å²) in [4.78, 5) is 14.8. The Balaban J connectivity index is 1.54. The average Bonchev–Trinajstić information content (AvgIpc) is 3.09. The van der Waals surface area contributed by atoms with Crippen LogP contribution < -0.4 is 0 Å². The van der Waals surface area contributed by atoms with E-state index in [4.69, 9.17) is 4.74 Å². The van der Waals surface area contributed by atoms with E-state index in [0.717, 1.165) is 43.7 Å². The second kappa shape index (κ2) is 6.55. The summed E-state index contributed by atoms with van der Waals surface area (Å²) in [6.45, 7) is 4.01. The Morgan fingerprint density at radius 3 is 2.92 bits per heavy atom. The Bertz CT molecular complexity index is 781. The smallest absolute Gasteiger partial charge is 0.276 e. The minimum absolute atomic E-state index is 0.0829. The molecule has 1 saturated carbocycles. The summed E-state index contributed by atoms with van der Waals surface area (Å²) in [5.41, 5.74) is 1.79. The van der Waals surface area contributed by atoms with E-state index < -0.39 is 0 Å². The van der Waals surface area contributed by atoms with Gasteiger partial charge in [-0.25, -0.2) is 9.07 Å². The zero-order chi connectivity index (χ0) is 17.4. The highest BCUT2D eigenvalue weighted by Gasteiger charge is 2.36. The van der Waals surface area contributed by atoms with Crippen molar-refractivity contribution < 1.29 is 13.9 Å². The normalized spacial score (nSPS) is 20.0. The molecule has 1 aromatic heterocycles. The van der Waals surface area contributed by atoms with E-state index in [2.05, 4.69) is 10.3 Å². The molecule has 0 N–H and O–H groups in total. The minimum atomic E-state index is -0.295. The second-order valence-corrected chi connectivity index (χ2v) is 6.90. The van der Waals surface area contributed by atoms with Gasteiger partial charge < -0.3 is 9.64 Å². The second-order valence-electron chi connectivity index (χ2n) is 6.90. The lowest BCUT2D eigenvalue weighted by atomic mass is 10.1. The first-order chi connectivity index (χ1) is 12.1. The van der Waals surface area contributed by atoms with Crippen molar-refractivity contribution in [3.05, 3.63) is 41.5 Å². The van der Waals surface area contributed by atoms with E-state index in [1.54, 1.807) is 19.2 Å². The summed E-state index contributed by atoms with van der Waals surface area (Å²) in [5.74, 6) is 0.0238. The number of nitrogens with zero attached hydrogens (tertiary/aromatic N) is 4. The molecule has 6 nitrogen and oxygen atoms in total. The molecule has 2 aliphatic rings. The van der Waals surface area contributed by atoms with Crippen LogP contribution in [0.2, 0.25) is 0 Å². The molecule has 1 aliphatic carbocycles. The third kappa shape index (κ3) is 3.42. The van der Waals surface area contributed by atoms with Crippen molar-refractivity contribution in [3.8, 4) is 5.69 Å². The lowest BCUT2D eigenvalue weighted by Crippen LogP contribution is -2.37. The highest BCUT2D eigenvalue weighted by atomic mass is 19.1. The van der Waals surface area contributed by atoms with Crippen LogP contribution in [-0.4, -0.2) is 51.6 Å². The van der Waals surface area contributed by atoms with E-state index in [9.17, 15) is 9.18 Å². The molecule has 1 atom stereocenters. The predicted molar refractivity (Wildman–Crippen MR) is 89.0 cm³/mol. The van der Waals surface area contributed by atoms with Gasteiger partial charge in [0.25, 0.3) is 5.91 Å². The summed E-state index contributed by atoms with van der Waals surface area (Å²) >= 11 is 0. The van der Waals surface area contributed by atoms with E-state index >= 15 is 0 Å². The maximum absolute atomic E-state index is 13.3. The fraction of sp³-hybridized carbons (Fsp3) is 0.500. The van der Waals surface area contributed by atoms with Crippen LogP contribution in [0, 0.1) is 18.7 Å². The molecule has 0 spiro atoms. The number of rotatable bonds is 5. The van der Waals surface area contributed by atoms with Gasteiger partial charge in [-0.2, -0.15) is 0 Å². The number of carbonyl (C=O) groups excluding carboxylic acids is 1. The van der Waals surface area contributed by atoms with E-state index in [1.165, 1.54) is 16.8 Å². The van der Waals surface area contributed by atoms with Crippen molar-refractivity contribution in [2.45, 2.75) is 32.2 Å². The summed E-state index contributed by atoms with van der Waals surface area (Å²) in [6.07, 6.45) is 4.72. The number of benzene rings is 1. The number of aromatic nitrogens is 3. The predicted octanol–water partition coefficient (Wildman–Crippen LogP) is 2.36. The standard InChI is InChI=1S/C18H21FN4O2/c1-12-8-14(19)2-5-17(12)23-10-16(20-21-23)18(24)22(15-3-4-15)9-13-6-7-25-11-13/h2,5,8,10,13,15H,3-4,6-7,9,11H2,1H3. The van der Waals surface area contributed by atoms with Crippen LogP contribution in [0.3, 0.4) is 0 Å². The van der Waals surface area contributed by atoms with Gasteiger partial charge in [0.05, 0.1) is 18.5 Å². The first-order valence-electron chi connectivity index (χ1n) is 8.69. The van der Waals surface area contributed by atoms with Gasteiger partial charge in [-0.3, -0.25) is 4.79 Å². The first-order valence-corrected chi connectivity index (χ1v) is 8.69. The molecule has 0 bridgehead atoms. The Morgan fingerprint density at radius 1 is 1.40 bits per heavy atom. The molecule has 1 aliphatic heterocycles. The Morgan fingerprint density at radius 2 is 2.24 bits per heavy atom. The molecular formula is C18H21FN4O2. The summed E-state index contributed by atoms with van der Waals surface area (Å²) in [6, 6.07) is 4.77. The lowest BCUT2D eigenvalue weighted by Gasteiger charge is -2.24. The summed E-state index contributed by atoms with van der Waals surface area (Å²) in [7, 11) is 0. The van der Waals surface area contributed by atoms with E-state index in [1.807, 2.05) is 4.90 Å². The SMILES string of the molecule is Cc1cc(F)ccc1-n1cc(C(=O)N(CC2CCOC2)C2CC2)nn1. The average molecular weight is 344 g/mol. The fourth-order valence-corrected chi connectivity index (χ4v) is 3.29. The molecule has 2 aromatic rings. The van der Waals surface area contributed by atoms with Crippen molar-refractivity contribution in [1.82, 2.24) is 19.9 Å². The molecule has 25 heavy (non-hydrogen) atoms. The zero-order valence-corrected chi connectivity index (χ0v) is 14.2. The van der Waals surface area contributed by atoms with Crippen molar-refractivity contribution in [2.75, 3.05) is 19.8 Å². The van der Waals surface area contributed by atoms with Crippen molar-refractivity contribution >= 4 is 5.91 Å². The van der Waals surface area contributed by atoms with Crippen LogP contribution in [-0.2, 0) is 4.74 Å². The van der Waals surface area contributed by atoms with Gasteiger partial charge in [0.2, 0.25) is 0 Å². The third-order valence-electron chi connectivity index (χ3n) is 4.85. The van der Waals surface area contributed by atoms with Gasteiger partial charge in [0.1, 0.15) is 5.82 Å². The van der Waals surface area contributed by atoms with Gasteiger partial charge in [-0.05, 0) is 49.9 Å². The van der Waals surface area contributed by atoms with E-state index in [-0.39, 0.29) is 11.7 Å². The Labute approximate surface area is 145 Å². The maximum Gasteiger partial charge on any atom is 0.276 e. The number of amides is 1. The maximum atomic E-state index is 13.3. The monoisotopic (exact) mass is 344 g/mol. The van der Waals surface area contributed by atoms with Gasteiger partial charge in [-0.1, -0.05) is 5.21 Å². The number of aryl methyl sites for hydroxylation is 1. The molecular weight excluding hydrogens is 323 g/mol. The van der Waals surface area contributed by atoms with Crippen LogP contribution >= 0.6 is 0 Å². The van der Waals surface area contributed by atoms with E-state index in [0.29, 0.717) is 24.2 Å². The van der Waals surface area contributed by atoms with Crippen LogP contribution in [0.5, 0.6) is 0 Å². The quantitative estimate of drug-likeness (QED) is 0.835. The first kappa shape index (κ1) is 16.2. The summed E-state index contributed by atoms with van der Waals surface area (Å²) in [5, 5.41) is 8.12. The highest BCUT2D eigenvalue weighted by Crippen LogP contribution is 2.30. The molecule has 4 rings (SSSR count). The molecule has 7 heteroatoms. The zero-order valence-electron chi connectivity index (χ0n) is 14.2. The molecule has 2 fully saturated rings. The third-order valence-corrected chi connectivity index (χ3v) is 4.85. The van der Waals surface area contributed by atoms with Crippen LogP contribution in [0.15, 0.2) is 24.4 Å². The van der Waals surface area contributed by atoms with Crippen molar-refractivity contribution in [3.63, 3.8) is 0 Å². The molecule has 1 amide bonds. The lowest BCUT2D eigenvalue weighted by molar-refractivity contribution is 0.0700. The fourth-order valence-electron chi connectivity index (χ4n) is 3.29. The number of halogens is 1. The molecule has 1 aromatic carbocycles. The largest absolute Gasteiger partial charge is 0.381 e. The van der Waals surface area contributed by atoms with Gasteiger partial charge >= 0.3 is 0 Å². The summed E-state index contributed by atoms with van der Waals surface area (Å²) < 4.78 is 20.2. The number of carbonyl (C=O) groups is 1.